The van der Waals surface area contributed by atoms with E-state index in [1.807, 2.05) is 0 Å². The van der Waals surface area contributed by atoms with Crippen molar-refractivity contribution < 1.29 is 13.2 Å². The van der Waals surface area contributed by atoms with E-state index in [1.54, 1.807) is 6.07 Å². The number of halogens is 3. The smallest absolute Gasteiger partial charge is 0.159 e. The first-order valence-corrected chi connectivity index (χ1v) is 4.90. The Labute approximate surface area is 96.2 Å². The summed E-state index contributed by atoms with van der Waals surface area (Å²) >= 11 is 0. The zero-order chi connectivity index (χ0) is 12.3. The number of hydrogen-bond donors (Lipinski definition) is 0. The van der Waals surface area contributed by atoms with Gasteiger partial charge in [0, 0.05) is 6.21 Å². The summed E-state index contributed by atoms with van der Waals surface area (Å²) in [6, 6.07) is 9.11. The Balaban J connectivity index is 2.23. The summed E-state index contributed by atoms with van der Waals surface area (Å²) in [7, 11) is 0. The van der Waals surface area contributed by atoms with Gasteiger partial charge in [-0.3, -0.25) is 4.99 Å². The normalized spacial score (nSPS) is 11.0. The summed E-state index contributed by atoms with van der Waals surface area (Å²) in [6.07, 6.45) is 1.34. The fourth-order valence-corrected chi connectivity index (χ4v) is 1.30. The van der Waals surface area contributed by atoms with Gasteiger partial charge in [-0.15, -0.1) is 0 Å². The molecule has 86 valence electrons. The van der Waals surface area contributed by atoms with Crippen LogP contribution in [0.1, 0.15) is 5.56 Å². The predicted octanol–water partition coefficient (Wildman–Crippen LogP) is 3.85. The van der Waals surface area contributed by atoms with Gasteiger partial charge < -0.3 is 0 Å². The van der Waals surface area contributed by atoms with E-state index in [9.17, 15) is 13.2 Å². The molecule has 0 bridgehead atoms. The maximum atomic E-state index is 12.9. The molecule has 0 atom stereocenters. The van der Waals surface area contributed by atoms with Gasteiger partial charge in [-0.05, 0) is 35.9 Å². The van der Waals surface area contributed by atoms with Crippen molar-refractivity contribution in [1.29, 1.82) is 0 Å². The molecule has 0 fully saturated rings. The Morgan fingerprint density at radius 2 is 1.71 bits per heavy atom. The molecule has 0 amide bonds. The van der Waals surface area contributed by atoms with Gasteiger partial charge in [-0.25, -0.2) is 13.2 Å². The van der Waals surface area contributed by atoms with E-state index in [0.717, 1.165) is 12.1 Å². The lowest BCUT2D eigenvalue weighted by Gasteiger charge is -1.96. The zero-order valence-corrected chi connectivity index (χ0v) is 8.70. The first-order chi connectivity index (χ1) is 8.15. The van der Waals surface area contributed by atoms with Crippen molar-refractivity contribution in [1.82, 2.24) is 0 Å². The number of nitrogens with zero attached hydrogens (tertiary/aromatic N) is 1. The van der Waals surface area contributed by atoms with Crippen LogP contribution in [0.15, 0.2) is 47.5 Å². The van der Waals surface area contributed by atoms with E-state index in [4.69, 9.17) is 0 Å². The summed E-state index contributed by atoms with van der Waals surface area (Å²) in [4.78, 5) is 3.95. The van der Waals surface area contributed by atoms with Crippen LogP contribution in [0.5, 0.6) is 0 Å². The Kier molecular flexibility index (Phi) is 3.23. The zero-order valence-electron chi connectivity index (χ0n) is 8.70. The molecular weight excluding hydrogens is 227 g/mol. The van der Waals surface area contributed by atoms with Crippen LogP contribution in [0.2, 0.25) is 0 Å². The lowest BCUT2D eigenvalue weighted by molar-refractivity contribution is 0.508. The highest BCUT2D eigenvalue weighted by atomic mass is 19.2. The van der Waals surface area contributed by atoms with Crippen molar-refractivity contribution >= 4 is 11.9 Å². The highest BCUT2D eigenvalue weighted by Crippen LogP contribution is 2.13. The minimum absolute atomic E-state index is 0.398. The Bertz CT molecular complexity index is 564. The Morgan fingerprint density at radius 1 is 0.882 bits per heavy atom. The first kappa shape index (κ1) is 11.4. The third-order valence-corrected chi connectivity index (χ3v) is 2.11. The number of aliphatic imine (C=N–C) groups is 1. The molecule has 2 aromatic carbocycles. The fraction of sp³-hybridized carbons (Fsp3) is 0. The van der Waals surface area contributed by atoms with Gasteiger partial charge in [0.25, 0.3) is 0 Å². The van der Waals surface area contributed by atoms with Crippen LogP contribution in [0.25, 0.3) is 0 Å². The third-order valence-electron chi connectivity index (χ3n) is 2.11. The maximum Gasteiger partial charge on any atom is 0.159 e. The van der Waals surface area contributed by atoms with Crippen LogP contribution in [-0.4, -0.2) is 6.21 Å². The van der Waals surface area contributed by atoms with E-state index in [0.29, 0.717) is 11.3 Å². The van der Waals surface area contributed by atoms with E-state index in [2.05, 4.69) is 4.99 Å². The van der Waals surface area contributed by atoms with Crippen molar-refractivity contribution in [3.05, 3.63) is 65.5 Å². The molecule has 2 rings (SSSR count). The highest BCUT2D eigenvalue weighted by Gasteiger charge is 2.00. The van der Waals surface area contributed by atoms with Gasteiger partial charge in [0.05, 0.1) is 5.69 Å². The lowest BCUT2D eigenvalue weighted by atomic mass is 10.2. The quantitative estimate of drug-likeness (QED) is 0.701. The second kappa shape index (κ2) is 4.82. The van der Waals surface area contributed by atoms with Crippen LogP contribution in [-0.2, 0) is 0 Å². The molecule has 0 aromatic heterocycles. The number of hydrogen-bond acceptors (Lipinski definition) is 1. The van der Waals surface area contributed by atoms with Gasteiger partial charge in [0.2, 0.25) is 0 Å². The Hall–Kier alpha value is -2.10. The van der Waals surface area contributed by atoms with Gasteiger partial charge in [-0.1, -0.05) is 12.1 Å². The monoisotopic (exact) mass is 235 g/mol. The van der Waals surface area contributed by atoms with Crippen LogP contribution in [0, 0.1) is 17.5 Å². The molecule has 1 nitrogen and oxygen atoms in total. The molecule has 0 radical (unpaired) electrons. The predicted molar refractivity (Wildman–Crippen MR) is 60.0 cm³/mol. The number of benzene rings is 2. The molecule has 0 heterocycles. The van der Waals surface area contributed by atoms with Crippen molar-refractivity contribution in [2.45, 2.75) is 0 Å². The van der Waals surface area contributed by atoms with Crippen molar-refractivity contribution in [2.75, 3.05) is 0 Å². The fourth-order valence-electron chi connectivity index (χ4n) is 1.30. The first-order valence-electron chi connectivity index (χ1n) is 4.90. The summed E-state index contributed by atoms with van der Waals surface area (Å²) in [5.74, 6) is -2.24. The molecule has 0 aliphatic carbocycles. The molecule has 0 spiro atoms. The Morgan fingerprint density at radius 3 is 2.41 bits per heavy atom. The minimum atomic E-state index is -0.937. The van der Waals surface area contributed by atoms with Crippen LogP contribution in [0.4, 0.5) is 18.9 Å². The van der Waals surface area contributed by atoms with E-state index < -0.39 is 17.5 Å². The molecule has 0 saturated heterocycles. The average Bonchev–Trinajstić information content (AvgIpc) is 2.31. The van der Waals surface area contributed by atoms with Gasteiger partial charge in [-0.2, -0.15) is 0 Å². The average molecular weight is 235 g/mol. The van der Waals surface area contributed by atoms with Gasteiger partial charge >= 0.3 is 0 Å². The molecule has 0 unspecified atom stereocenters. The summed E-state index contributed by atoms with van der Waals surface area (Å²) in [5.41, 5.74) is 0.822. The van der Waals surface area contributed by atoms with Gasteiger partial charge in [0.15, 0.2) is 11.6 Å². The topological polar surface area (TPSA) is 12.4 Å². The van der Waals surface area contributed by atoms with Crippen molar-refractivity contribution in [2.24, 2.45) is 4.99 Å². The molecule has 4 heteroatoms. The summed E-state index contributed by atoms with van der Waals surface area (Å²) in [5, 5.41) is 0. The molecule has 17 heavy (non-hydrogen) atoms. The molecular formula is C13H8F3N. The molecule has 0 N–H and O–H groups in total. The molecule has 0 aliphatic heterocycles. The van der Waals surface area contributed by atoms with E-state index >= 15 is 0 Å². The van der Waals surface area contributed by atoms with Crippen LogP contribution in [0.3, 0.4) is 0 Å². The highest BCUT2D eigenvalue weighted by molar-refractivity contribution is 5.81. The second-order valence-electron chi connectivity index (χ2n) is 3.41. The van der Waals surface area contributed by atoms with E-state index in [-0.39, 0.29) is 0 Å². The maximum absolute atomic E-state index is 12.9. The summed E-state index contributed by atoms with van der Waals surface area (Å²) in [6.45, 7) is 0. The lowest BCUT2D eigenvalue weighted by Crippen LogP contribution is -1.87. The van der Waals surface area contributed by atoms with Crippen LogP contribution < -0.4 is 0 Å². The van der Waals surface area contributed by atoms with Crippen LogP contribution >= 0.6 is 0 Å². The molecule has 2 aromatic rings. The molecule has 0 aliphatic rings. The van der Waals surface area contributed by atoms with Gasteiger partial charge in [0.1, 0.15) is 5.82 Å². The standard InChI is InChI=1S/C13H8F3N/c14-10-2-1-3-11(7-10)17-8-9-4-5-12(15)13(16)6-9/h1-8H/b17-8+. The number of rotatable bonds is 2. The summed E-state index contributed by atoms with van der Waals surface area (Å²) < 4.78 is 38.3. The van der Waals surface area contributed by atoms with Crippen molar-refractivity contribution in [3.8, 4) is 0 Å². The van der Waals surface area contributed by atoms with E-state index in [1.165, 1.54) is 30.5 Å². The second-order valence-corrected chi connectivity index (χ2v) is 3.41. The van der Waals surface area contributed by atoms with Crippen molar-refractivity contribution in [3.63, 3.8) is 0 Å². The largest absolute Gasteiger partial charge is 0.256 e. The molecule has 0 saturated carbocycles. The minimum Gasteiger partial charge on any atom is -0.256 e. The SMILES string of the molecule is Fc1cccc(/N=C/c2ccc(F)c(F)c2)c1. The third kappa shape index (κ3) is 2.93.